The summed E-state index contributed by atoms with van der Waals surface area (Å²) in [6.45, 7) is 3.93. The summed E-state index contributed by atoms with van der Waals surface area (Å²) in [5, 5.41) is 4.00. The number of ether oxygens (including phenoxy) is 1. The molecule has 0 aliphatic heterocycles. The number of halogens is 1. The van der Waals surface area contributed by atoms with Gasteiger partial charge in [0.25, 0.3) is 5.91 Å². The molecule has 2 aromatic carbocycles. The van der Waals surface area contributed by atoms with E-state index in [1.54, 1.807) is 26.1 Å². The van der Waals surface area contributed by atoms with Crippen LogP contribution in [0.3, 0.4) is 0 Å². The van der Waals surface area contributed by atoms with E-state index < -0.39 is 6.10 Å². The van der Waals surface area contributed by atoms with E-state index in [4.69, 9.17) is 9.26 Å². The largest absolute Gasteiger partial charge is 0.481 e. The van der Waals surface area contributed by atoms with Crippen molar-refractivity contribution in [1.82, 2.24) is 15.0 Å². The van der Waals surface area contributed by atoms with Gasteiger partial charge in [-0.2, -0.15) is 4.98 Å². The average Bonchev–Trinajstić information content (AvgIpc) is 3.11. The van der Waals surface area contributed by atoms with Crippen LogP contribution in [0.2, 0.25) is 0 Å². The zero-order chi connectivity index (χ0) is 19.4. The minimum atomic E-state index is -0.629. The van der Waals surface area contributed by atoms with E-state index in [-0.39, 0.29) is 12.5 Å². The molecule has 1 heterocycles. The van der Waals surface area contributed by atoms with Crippen LogP contribution < -0.4 is 4.74 Å². The van der Waals surface area contributed by atoms with Gasteiger partial charge in [0.05, 0.1) is 6.54 Å². The van der Waals surface area contributed by atoms with Crippen LogP contribution in [0.5, 0.6) is 5.75 Å². The molecule has 6 nitrogen and oxygen atoms in total. The Hall–Kier alpha value is -2.67. The first-order chi connectivity index (χ1) is 12.9. The van der Waals surface area contributed by atoms with Crippen molar-refractivity contribution in [2.75, 3.05) is 7.05 Å². The number of aromatic nitrogens is 2. The zero-order valence-corrected chi connectivity index (χ0v) is 16.9. The molecule has 1 amide bonds. The molecule has 0 aliphatic rings. The third-order valence-corrected chi connectivity index (χ3v) is 4.50. The van der Waals surface area contributed by atoms with Crippen molar-refractivity contribution < 1.29 is 14.1 Å². The molecule has 3 aromatic rings. The maximum Gasteiger partial charge on any atom is 0.263 e. The van der Waals surface area contributed by atoms with Gasteiger partial charge in [-0.1, -0.05) is 44.8 Å². The number of benzene rings is 2. The van der Waals surface area contributed by atoms with Crippen LogP contribution in [-0.4, -0.2) is 34.1 Å². The number of rotatable bonds is 6. The fourth-order valence-electron chi connectivity index (χ4n) is 2.58. The number of carbonyl (C=O) groups is 1. The predicted octanol–water partition coefficient (Wildman–Crippen LogP) is 4.23. The van der Waals surface area contributed by atoms with Crippen LogP contribution in [0.15, 0.2) is 57.5 Å². The monoisotopic (exact) mass is 429 g/mol. The summed E-state index contributed by atoms with van der Waals surface area (Å²) in [6, 6.07) is 15.2. The molecule has 0 saturated heterocycles. The summed E-state index contributed by atoms with van der Waals surface area (Å²) >= 11 is 3.37. The van der Waals surface area contributed by atoms with E-state index in [0.29, 0.717) is 17.5 Å². The quantitative estimate of drug-likeness (QED) is 0.586. The number of amides is 1. The van der Waals surface area contributed by atoms with Crippen molar-refractivity contribution >= 4 is 21.8 Å². The van der Waals surface area contributed by atoms with Gasteiger partial charge in [-0.05, 0) is 44.2 Å². The molecule has 0 saturated carbocycles. The third kappa shape index (κ3) is 4.95. The van der Waals surface area contributed by atoms with E-state index in [1.165, 1.54) is 4.90 Å². The first-order valence-electron chi connectivity index (χ1n) is 8.49. The lowest BCUT2D eigenvalue weighted by atomic mass is 10.1. The van der Waals surface area contributed by atoms with Gasteiger partial charge in [0.2, 0.25) is 11.7 Å². The van der Waals surface area contributed by atoms with Crippen LogP contribution in [0.1, 0.15) is 18.4 Å². The van der Waals surface area contributed by atoms with Crippen molar-refractivity contribution in [3.63, 3.8) is 0 Å². The number of aryl methyl sites for hydroxylation is 1. The molecule has 0 unspecified atom stereocenters. The molecule has 1 atom stereocenters. The van der Waals surface area contributed by atoms with Crippen LogP contribution in [0.4, 0.5) is 0 Å². The Kier molecular flexibility index (Phi) is 5.91. The van der Waals surface area contributed by atoms with Gasteiger partial charge >= 0.3 is 0 Å². The van der Waals surface area contributed by atoms with E-state index in [9.17, 15) is 4.79 Å². The van der Waals surface area contributed by atoms with Crippen LogP contribution >= 0.6 is 15.9 Å². The van der Waals surface area contributed by atoms with E-state index in [0.717, 1.165) is 15.6 Å². The fourth-order valence-corrected chi connectivity index (χ4v) is 2.84. The molecule has 27 heavy (non-hydrogen) atoms. The second kappa shape index (κ2) is 8.35. The Bertz CT molecular complexity index is 924. The standard InChI is InChI=1S/C20H20BrN3O3/c1-13-5-4-6-15(11-13)19-22-18(27-23-19)12-24(3)20(25)14(2)26-17-9-7-16(21)8-10-17/h4-11,14H,12H2,1-3H3/t14-/m1/s1. The molecular weight excluding hydrogens is 410 g/mol. The predicted molar refractivity (Wildman–Crippen MR) is 105 cm³/mol. The molecule has 0 fully saturated rings. The molecule has 3 rings (SSSR count). The van der Waals surface area contributed by atoms with Crippen LogP contribution in [0, 0.1) is 6.92 Å². The Labute approximate surface area is 166 Å². The first-order valence-corrected chi connectivity index (χ1v) is 9.28. The Morgan fingerprint density at radius 2 is 2.00 bits per heavy atom. The minimum absolute atomic E-state index is 0.173. The average molecular weight is 430 g/mol. The minimum Gasteiger partial charge on any atom is -0.481 e. The summed E-state index contributed by atoms with van der Waals surface area (Å²) in [6.07, 6.45) is -0.629. The Morgan fingerprint density at radius 3 is 2.70 bits per heavy atom. The lowest BCUT2D eigenvalue weighted by Gasteiger charge is -2.20. The summed E-state index contributed by atoms with van der Waals surface area (Å²) in [5.41, 5.74) is 2.00. The first kappa shape index (κ1) is 19.1. The van der Waals surface area contributed by atoms with Gasteiger partial charge < -0.3 is 14.2 Å². The SMILES string of the molecule is Cc1cccc(-c2noc(CN(C)C(=O)[C@@H](C)Oc3ccc(Br)cc3)n2)c1. The second-order valence-corrected chi connectivity index (χ2v) is 7.21. The highest BCUT2D eigenvalue weighted by Gasteiger charge is 2.21. The molecule has 0 radical (unpaired) electrons. The van der Waals surface area contributed by atoms with Gasteiger partial charge in [-0.3, -0.25) is 4.79 Å². The zero-order valence-electron chi connectivity index (χ0n) is 15.3. The van der Waals surface area contributed by atoms with Crippen LogP contribution in [0.25, 0.3) is 11.4 Å². The fraction of sp³-hybridized carbons (Fsp3) is 0.250. The number of carbonyl (C=O) groups excluding carboxylic acids is 1. The van der Waals surface area contributed by atoms with Crippen LogP contribution in [-0.2, 0) is 11.3 Å². The number of hydrogen-bond acceptors (Lipinski definition) is 5. The number of likely N-dealkylation sites (N-methyl/N-ethyl adjacent to an activating group) is 1. The highest BCUT2D eigenvalue weighted by molar-refractivity contribution is 9.10. The van der Waals surface area contributed by atoms with Gasteiger partial charge in [0.15, 0.2) is 6.10 Å². The van der Waals surface area contributed by atoms with Crippen molar-refractivity contribution in [2.24, 2.45) is 0 Å². The molecular formula is C20H20BrN3O3. The highest BCUT2D eigenvalue weighted by atomic mass is 79.9. The van der Waals surface area contributed by atoms with Gasteiger partial charge in [-0.25, -0.2) is 0 Å². The summed E-state index contributed by atoms with van der Waals surface area (Å²) in [4.78, 5) is 18.4. The van der Waals surface area contributed by atoms with Gasteiger partial charge in [-0.15, -0.1) is 0 Å². The van der Waals surface area contributed by atoms with Crippen molar-refractivity contribution in [1.29, 1.82) is 0 Å². The number of nitrogens with zero attached hydrogens (tertiary/aromatic N) is 3. The van der Waals surface area contributed by atoms with E-state index in [1.807, 2.05) is 43.3 Å². The molecule has 1 aromatic heterocycles. The lowest BCUT2D eigenvalue weighted by molar-refractivity contribution is -0.137. The second-order valence-electron chi connectivity index (χ2n) is 6.29. The maximum absolute atomic E-state index is 12.5. The highest BCUT2D eigenvalue weighted by Crippen LogP contribution is 2.19. The molecule has 0 spiro atoms. The Balaban J connectivity index is 1.61. The van der Waals surface area contributed by atoms with E-state index in [2.05, 4.69) is 26.1 Å². The van der Waals surface area contributed by atoms with Gasteiger partial charge in [0, 0.05) is 17.1 Å². The maximum atomic E-state index is 12.5. The smallest absolute Gasteiger partial charge is 0.263 e. The molecule has 140 valence electrons. The molecule has 7 heteroatoms. The lowest BCUT2D eigenvalue weighted by Crippen LogP contribution is -2.37. The molecule has 0 bridgehead atoms. The third-order valence-electron chi connectivity index (χ3n) is 3.97. The summed E-state index contributed by atoms with van der Waals surface area (Å²) in [5.74, 6) is 1.34. The van der Waals surface area contributed by atoms with Gasteiger partial charge in [0.1, 0.15) is 5.75 Å². The molecule has 0 aliphatic carbocycles. The van der Waals surface area contributed by atoms with Crippen molar-refractivity contribution in [2.45, 2.75) is 26.5 Å². The van der Waals surface area contributed by atoms with E-state index >= 15 is 0 Å². The summed E-state index contributed by atoms with van der Waals surface area (Å²) in [7, 11) is 1.68. The topological polar surface area (TPSA) is 68.5 Å². The normalized spacial score (nSPS) is 11.9. The van der Waals surface area contributed by atoms with Crippen molar-refractivity contribution in [3.8, 4) is 17.1 Å². The number of hydrogen-bond donors (Lipinski definition) is 0. The summed E-state index contributed by atoms with van der Waals surface area (Å²) < 4.78 is 11.9. The van der Waals surface area contributed by atoms with Crippen molar-refractivity contribution in [3.05, 3.63) is 64.5 Å². The Morgan fingerprint density at radius 1 is 1.26 bits per heavy atom. The molecule has 0 N–H and O–H groups in total.